The lowest BCUT2D eigenvalue weighted by molar-refractivity contribution is 0.356. The molecule has 0 radical (unpaired) electrons. The summed E-state index contributed by atoms with van der Waals surface area (Å²) in [6, 6.07) is 8.33. The third kappa shape index (κ3) is 3.05. The summed E-state index contributed by atoms with van der Waals surface area (Å²) in [6.45, 7) is 0. The topological polar surface area (TPSA) is 43.4 Å². The van der Waals surface area contributed by atoms with Gasteiger partial charge < -0.3 is 14.8 Å². The van der Waals surface area contributed by atoms with E-state index < -0.39 is 5.82 Å². The minimum atomic E-state index is -0.499. The van der Waals surface area contributed by atoms with E-state index in [0.29, 0.717) is 38.1 Å². The average Bonchev–Trinajstić information content (AvgIpc) is 2.59. The number of ether oxygens (including phenoxy) is 2. The summed E-state index contributed by atoms with van der Waals surface area (Å²) >= 11 is 11.9. The third-order valence-electron chi connectivity index (χ3n) is 3.52. The van der Waals surface area contributed by atoms with Crippen LogP contribution in [0, 0.1) is 5.82 Å². The van der Waals surface area contributed by atoms with Crippen molar-refractivity contribution >= 4 is 45.5 Å². The molecule has 4 nitrogen and oxygen atoms in total. The SMILES string of the molecule is COc1cc2ncc(F)c(Nc3ccc(Cl)c(Cl)c3)c2cc1OC. The molecule has 1 N–H and O–H groups in total. The molecule has 24 heavy (non-hydrogen) atoms. The highest BCUT2D eigenvalue weighted by atomic mass is 35.5. The van der Waals surface area contributed by atoms with Gasteiger partial charge in [0.25, 0.3) is 0 Å². The van der Waals surface area contributed by atoms with Crippen LogP contribution in [0.2, 0.25) is 10.0 Å². The van der Waals surface area contributed by atoms with Crippen LogP contribution in [0.4, 0.5) is 15.8 Å². The van der Waals surface area contributed by atoms with Crippen LogP contribution in [0.25, 0.3) is 10.9 Å². The fraction of sp³-hybridized carbons (Fsp3) is 0.118. The van der Waals surface area contributed by atoms with Gasteiger partial charge in [0.15, 0.2) is 17.3 Å². The largest absolute Gasteiger partial charge is 0.493 e. The summed E-state index contributed by atoms with van der Waals surface area (Å²) in [5.41, 5.74) is 1.43. The predicted molar refractivity (Wildman–Crippen MR) is 94.5 cm³/mol. The molecule has 0 saturated heterocycles. The van der Waals surface area contributed by atoms with E-state index in [1.54, 1.807) is 30.3 Å². The number of methoxy groups -OCH3 is 2. The van der Waals surface area contributed by atoms with Gasteiger partial charge in [-0.2, -0.15) is 0 Å². The zero-order valence-corrected chi connectivity index (χ0v) is 14.4. The minimum Gasteiger partial charge on any atom is -0.493 e. The predicted octanol–water partition coefficient (Wildman–Crippen LogP) is 5.44. The summed E-state index contributed by atoms with van der Waals surface area (Å²) in [4.78, 5) is 4.10. The van der Waals surface area contributed by atoms with Crippen LogP contribution in [0.3, 0.4) is 0 Å². The lowest BCUT2D eigenvalue weighted by Crippen LogP contribution is -1.98. The maximum atomic E-state index is 14.3. The number of nitrogens with one attached hydrogen (secondary N) is 1. The quantitative estimate of drug-likeness (QED) is 0.667. The molecular formula is C17H13Cl2FN2O2. The number of pyridine rings is 1. The Morgan fingerprint density at radius 3 is 2.38 bits per heavy atom. The van der Waals surface area contributed by atoms with Crippen LogP contribution in [-0.2, 0) is 0 Å². The molecular weight excluding hydrogens is 354 g/mol. The highest BCUT2D eigenvalue weighted by Gasteiger charge is 2.14. The average molecular weight is 367 g/mol. The van der Waals surface area contributed by atoms with Gasteiger partial charge in [-0.05, 0) is 24.3 Å². The molecule has 3 rings (SSSR count). The lowest BCUT2D eigenvalue weighted by atomic mass is 10.1. The standard InChI is InChI=1S/C17H13Cl2FN2O2/c1-23-15-6-10-14(7-16(15)24-2)21-8-13(20)17(10)22-9-3-4-11(18)12(19)5-9/h3-8H,1-2H3,(H,21,22). The minimum absolute atomic E-state index is 0.263. The van der Waals surface area contributed by atoms with E-state index in [-0.39, 0.29) is 5.69 Å². The first-order valence-corrected chi connectivity index (χ1v) is 7.71. The fourth-order valence-corrected chi connectivity index (χ4v) is 2.64. The molecule has 124 valence electrons. The van der Waals surface area contributed by atoms with Gasteiger partial charge in [0.1, 0.15) is 0 Å². The Balaban J connectivity index is 2.15. The molecule has 3 aromatic rings. The number of nitrogens with zero attached hydrogens (tertiary/aromatic N) is 1. The van der Waals surface area contributed by atoms with Gasteiger partial charge in [0.2, 0.25) is 0 Å². The Kier molecular flexibility index (Phi) is 4.64. The molecule has 0 atom stereocenters. The smallest absolute Gasteiger partial charge is 0.165 e. The van der Waals surface area contributed by atoms with Gasteiger partial charge in [-0.1, -0.05) is 23.2 Å². The molecule has 1 heterocycles. The van der Waals surface area contributed by atoms with Crippen LogP contribution in [0.15, 0.2) is 36.5 Å². The zero-order chi connectivity index (χ0) is 17.3. The summed E-state index contributed by atoms with van der Waals surface area (Å²) < 4.78 is 24.9. The first-order valence-electron chi connectivity index (χ1n) is 6.95. The van der Waals surface area contributed by atoms with E-state index in [1.807, 2.05) is 0 Å². The van der Waals surface area contributed by atoms with Crippen molar-refractivity contribution in [3.8, 4) is 11.5 Å². The van der Waals surface area contributed by atoms with Crippen molar-refractivity contribution in [2.75, 3.05) is 19.5 Å². The molecule has 0 unspecified atom stereocenters. The van der Waals surface area contributed by atoms with E-state index in [4.69, 9.17) is 32.7 Å². The number of benzene rings is 2. The van der Waals surface area contributed by atoms with Crippen molar-refractivity contribution in [3.05, 3.63) is 52.4 Å². The van der Waals surface area contributed by atoms with Crippen molar-refractivity contribution in [2.24, 2.45) is 0 Å². The molecule has 2 aromatic carbocycles. The number of anilines is 2. The molecule has 7 heteroatoms. The van der Waals surface area contributed by atoms with Gasteiger partial charge >= 0.3 is 0 Å². The van der Waals surface area contributed by atoms with Gasteiger partial charge in [0.05, 0.1) is 41.7 Å². The Labute approximate surface area is 148 Å². The van der Waals surface area contributed by atoms with E-state index in [1.165, 1.54) is 14.2 Å². The fourth-order valence-electron chi connectivity index (χ4n) is 2.34. The second-order valence-electron chi connectivity index (χ2n) is 4.96. The van der Waals surface area contributed by atoms with Crippen LogP contribution in [-0.4, -0.2) is 19.2 Å². The monoisotopic (exact) mass is 366 g/mol. The van der Waals surface area contributed by atoms with Crippen LogP contribution in [0.1, 0.15) is 0 Å². The maximum absolute atomic E-state index is 14.3. The molecule has 0 aliphatic rings. The van der Waals surface area contributed by atoms with Gasteiger partial charge in [0, 0.05) is 17.1 Å². The number of aromatic nitrogens is 1. The highest BCUT2D eigenvalue weighted by molar-refractivity contribution is 6.42. The molecule has 0 saturated carbocycles. The number of fused-ring (bicyclic) bond motifs is 1. The number of hydrogen-bond donors (Lipinski definition) is 1. The number of halogens is 3. The first kappa shape index (κ1) is 16.6. The van der Waals surface area contributed by atoms with Crippen molar-refractivity contribution in [1.82, 2.24) is 4.98 Å². The maximum Gasteiger partial charge on any atom is 0.165 e. The molecule has 0 aliphatic carbocycles. The van der Waals surface area contributed by atoms with Crippen molar-refractivity contribution < 1.29 is 13.9 Å². The van der Waals surface area contributed by atoms with E-state index >= 15 is 0 Å². The van der Waals surface area contributed by atoms with Crippen molar-refractivity contribution in [1.29, 1.82) is 0 Å². The normalized spacial score (nSPS) is 10.7. The Morgan fingerprint density at radius 1 is 1.00 bits per heavy atom. The third-order valence-corrected chi connectivity index (χ3v) is 4.25. The number of rotatable bonds is 4. The molecule has 0 fully saturated rings. The Bertz CT molecular complexity index is 919. The molecule has 0 bridgehead atoms. The summed E-state index contributed by atoms with van der Waals surface area (Å²) in [5.74, 6) is 0.500. The van der Waals surface area contributed by atoms with Gasteiger partial charge in [-0.15, -0.1) is 0 Å². The summed E-state index contributed by atoms with van der Waals surface area (Å²) in [6.07, 6.45) is 1.15. The Hall–Kier alpha value is -2.24. The van der Waals surface area contributed by atoms with Crippen LogP contribution in [0.5, 0.6) is 11.5 Å². The zero-order valence-electron chi connectivity index (χ0n) is 12.9. The second kappa shape index (κ2) is 6.71. The van der Waals surface area contributed by atoms with E-state index in [2.05, 4.69) is 10.3 Å². The molecule has 1 aromatic heterocycles. The summed E-state index contributed by atoms with van der Waals surface area (Å²) in [7, 11) is 3.05. The molecule has 0 amide bonds. The van der Waals surface area contributed by atoms with E-state index in [0.717, 1.165) is 6.20 Å². The van der Waals surface area contributed by atoms with Crippen LogP contribution < -0.4 is 14.8 Å². The van der Waals surface area contributed by atoms with Crippen LogP contribution >= 0.6 is 23.2 Å². The molecule has 0 spiro atoms. The van der Waals surface area contributed by atoms with Gasteiger partial charge in [-0.25, -0.2) is 4.39 Å². The van der Waals surface area contributed by atoms with Gasteiger partial charge in [-0.3, -0.25) is 4.98 Å². The molecule has 0 aliphatic heterocycles. The number of hydrogen-bond acceptors (Lipinski definition) is 4. The summed E-state index contributed by atoms with van der Waals surface area (Å²) in [5, 5.41) is 4.37. The van der Waals surface area contributed by atoms with Crippen molar-refractivity contribution in [3.63, 3.8) is 0 Å². The lowest BCUT2D eigenvalue weighted by Gasteiger charge is -2.14. The highest BCUT2D eigenvalue weighted by Crippen LogP contribution is 2.37. The van der Waals surface area contributed by atoms with Crippen molar-refractivity contribution in [2.45, 2.75) is 0 Å². The second-order valence-corrected chi connectivity index (χ2v) is 5.77. The van der Waals surface area contributed by atoms with E-state index in [9.17, 15) is 4.39 Å². The Morgan fingerprint density at radius 2 is 1.71 bits per heavy atom. The first-order chi connectivity index (χ1) is 11.5.